The molecule has 134 valence electrons. The van der Waals surface area contributed by atoms with E-state index < -0.39 is 0 Å². The van der Waals surface area contributed by atoms with Crippen LogP contribution in [0.3, 0.4) is 0 Å². The molecule has 0 aromatic heterocycles. The van der Waals surface area contributed by atoms with Crippen LogP contribution in [0.5, 0.6) is 5.75 Å². The minimum absolute atomic E-state index is 0.120. The number of hydrogen-bond donors (Lipinski definition) is 1. The van der Waals surface area contributed by atoms with Gasteiger partial charge in [0.1, 0.15) is 11.6 Å². The van der Waals surface area contributed by atoms with Crippen molar-refractivity contribution >= 4 is 40.3 Å². The summed E-state index contributed by atoms with van der Waals surface area (Å²) in [6.45, 7) is 2.57. The van der Waals surface area contributed by atoms with Gasteiger partial charge in [0.15, 0.2) is 0 Å². The summed E-state index contributed by atoms with van der Waals surface area (Å²) in [5.74, 6) is 1.37. The lowest BCUT2D eigenvalue weighted by molar-refractivity contribution is 0.265. The molecule has 2 aromatic carbocycles. The van der Waals surface area contributed by atoms with Gasteiger partial charge in [0, 0.05) is 19.8 Å². The Balaban J connectivity index is 1.84. The molecule has 26 heavy (non-hydrogen) atoms. The van der Waals surface area contributed by atoms with Crippen molar-refractivity contribution in [1.82, 2.24) is 5.32 Å². The number of amidine groups is 1. The second-order valence-corrected chi connectivity index (χ2v) is 6.91. The summed E-state index contributed by atoms with van der Waals surface area (Å²) in [4.78, 5) is 19.2. The Kier molecular flexibility index (Phi) is 5.63. The molecule has 1 heterocycles. The first kappa shape index (κ1) is 18.1. The predicted molar refractivity (Wildman–Crippen MR) is 110 cm³/mol. The van der Waals surface area contributed by atoms with Gasteiger partial charge in [0.2, 0.25) is 0 Å². The third kappa shape index (κ3) is 4.46. The lowest BCUT2D eigenvalue weighted by Gasteiger charge is -2.11. The molecule has 0 unspecified atom stereocenters. The van der Waals surface area contributed by atoms with Crippen LogP contribution in [0.1, 0.15) is 12.5 Å². The van der Waals surface area contributed by atoms with Gasteiger partial charge in [-0.3, -0.25) is 4.79 Å². The molecular formula is C20H21N3O2S. The number of carbonyl (C=O) groups excluding carboxylic acids is 1. The van der Waals surface area contributed by atoms with Crippen molar-refractivity contribution in [1.29, 1.82) is 0 Å². The molecule has 1 amide bonds. The molecule has 5 nitrogen and oxygen atoms in total. The summed E-state index contributed by atoms with van der Waals surface area (Å²) in [6.07, 6.45) is 1.97. The molecule has 1 fully saturated rings. The summed E-state index contributed by atoms with van der Waals surface area (Å²) in [5, 5.41) is 2.69. The van der Waals surface area contributed by atoms with Gasteiger partial charge in [-0.2, -0.15) is 0 Å². The van der Waals surface area contributed by atoms with Crippen LogP contribution >= 0.6 is 11.8 Å². The molecule has 1 saturated heterocycles. The SMILES string of the molecule is CCOc1ccc(N=C2NC(=O)SC2=Cc2ccc(N(C)C)cc2)cc1. The van der Waals surface area contributed by atoms with Gasteiger partial charge in [0.25, 0.3) is 5.24 Å². The monoisotopic (exact) mass is 367 g/mol. The highest BCUT2D eigenvalue weighted by molar-refractivity contribution is 8.18. The second-order valence-electron chi connectivity index (χ2n) is 5.90. The molecule has 2 aromatic rings. The number of ether oxygens (including phenoxy) is 1. The molecule has 0 aliphatic carbocycles. The zero-order chi connectivity index (χ0) is 18.5. The predicted octanol–water partition coefficient (Wildman–Crippen LogP) is 4.68. The smallest absolute Gasteiger partial charge is 0.289 e. The lowest BCUT2D eigenvalue weighted by atomic mass is 10.2. The van der Waals surface area contributed by atoms with E-state index in [-0.39, 0.29) is 5.24 Å². The van der Waals surface area contributed by atoms with Crippen LogP contribution in [-0.4, -0.2) is 31.8 Å². The number of nitrogens with one attached hydrogen (secondary N) is 1. The molecule has 0 saturated carbocycles. The number of benzene rings is 2. The number of hydrogen-bond acceptors (Lipinski definition) is 5. The van der Waals surface area contributed by atoms with Crippen LogP contribution in [0, 0.1) is 0 Å². The Morgan fingerprint density at radius 3 is 2.42 bits per heavy atom. The van der Waals surface area contributed by atoms with Gasteiger partial charge < -0.3 is 15.0 Å². The van der Waals surface area contributed by atoms with Crippen molar-refractivity contribution < 1.29 is 9.53 Å². The van der Waals surface area contributed by atoms with Gasteiger partial charge in [-0.25, -0.2) is 4.99 Å². The number of amides is 1. The fourth-order valence-corrected chi connectivity index (χ4v) is 3.18. The highest BCUT2D eigenvalue weighted by Crippen LogP contribution is 2.29. The van der Waals surface area contributed by atoms with Crippen molar-refractivity contribution in [2.24, 2.45) is 4.99 Å². The topological polar surface area (TPSA) is 53.9 Å². The van der Waals surface area contributed by atoms with E-state index in [4.69, 9.17) is 4.74 Å². The van der Waals surface area contributed by atoms with Crippen molar-refractivity contribution in [2.45, 2.75) is 6.92 Å². The average molecular weight is 367 g/mol. The molecule has 6 heteroatoms. The Morgan fingerprint density at radius 1 is 1.12 bits per heavy atom. The number of carbonyl (C=O) groups is 1. The minimum atomic E-state index is -0.120. The number of rotatable bonds is 5. The van der Waals surface area contributed by atoms with E-state index in [0.717, 1.165) is 39.4 Å². The summed E-state index contributed by atoms with van der Waals surface area (Å²) in [5.41, 5.74) is 2.91. The second kappa shape index (κ2) is 8.10. The van der Waals surface area contributed by atoms with E-state index in [1.54, 1.807) is 0 Å². The normalized spacial score (nSPS) is 16.8. The number of aliphatic imine (C=N–C) groups is 1. The van der Waals surface area contributed by atoms with Gasteiger partial charge >= 0.3 is 0 Å². The van der Waals surface area contributed by atoms with Gasteiger partial charge in [-0.15, -0.1) is 0 Å². The van der Waals surface area contributed by atoms with Crippen LogP contribution in [0.4, 0.5) is 16.2 Å². The molecule has 3 rings (SSSR count). The van der Waals surface area contributed by atoms with E-state index >= 15 is 0 Å². The zero-order valence-corrected chi connectivity index (χ0v) is 15.8. The van der Waals surface area contributed by atoms with Crippen molar-refractivity contribution in [3.8, 4) is 5.75 Å². The van der Waals surface area contributed by atoms with Crippen molar-refractivity contribution in [3.63, 3.8) is 0 Å². The largest absolute Gasteiger partial charge is 0.494 e. The molecular weight excluding hydrogens is 346 g/mol. The standard InChI is InChI=1S/C20H21N3O2S/c1-4-25-17-11-7-15(8-12-17)21-19-18(26-20(24)22-19)13-14-5-9-16(10-6-14)23(2)3/h5-13H,4H2,1-3H3,(H,21,22,24). The number of thioether (sulfide) groups is 1. The Hall–Kier alpha value is -2.73. The number of nitrogens with zero attached hydrogens (tertiary/aromatic N) is 2. The summed E-state index contributed by atoms with van der Waals surface area (Å²) in [6, 6.07) is 15.6. The number of anilines is 1. The quantitative estimate of drug-likeness (QED) is 0.834. The maximum atomic E-state index is 11.8. The molecule has 1 aliphatic heterocycles. The molecule has 0 radical (unpaired) electrons. The highest BCUT2D eigenvalue weighted by Gasteiger charge is 2.23. The Morgan fingerprint density at radius 2 is 1.81 bits per heavy atom. The van der Waals surface area contributed by atoms with E-state index in [1.165, 1.54) is 0 Å². The van der Waals surface area contributed by atoms with Gasteiger partial charge in [-0.05, 0) is 66.7 Å². The Bertz CT molecular complexity index is 840. The fourth-order valence-electron chi connectivity index (χ4n) is 2.45. The fraction of sp³-hybridized carbons (Fsp3) is 0.200. The molecule has 0 atom stereocenters. The molecule has 1 N–H and O–H groups in total. The third-order valence-electron chi connectivity index (χ3n) is 3.75. The average Bonchev–Trinajstić information content (AvgIpc) is 2.96. The van der Waals surface area contributed by atoms with E-state index in [2.05, 4.69) is 10.3 Å². The third-order valence-corrected chi connectivity index (χ3v) is 4.57. The summed E-state index contributed by atoms with van der Waals surface area (Å²) in [7, 11) is 4.01. The highest BCUT2D eigenvalue weighted by atomic mass is 32.2. The maximum absolute atomic E-state index is 11.8. The van der Waals surface area contributed by atoms with Crippen molar-refractivity contribution in [3.05, 3.63) is 59.0 Å². The zero-order valence-electron chi connectivity index (χ0n) is 15.0. The maximum Gasteiger partial charge on any atom is 0.289 e. The van der Waals surface area contributed by atoms with E-state index in [9.17, 15) is 4.79 Å². The van der Waals surface area contributed by atoms with Crippen LogP contribution in [0.15, 0.2) is 58.4 Å². The lowest BCUT2D eigenvalue weighted by Crippen LogP contribution is -2.18. The molecule has 0 bridgehead atoms. The van der Waals surface area contributed by atoms with Crippen LogP contribution in [0.25, 0.3) is 6.08 Å². The first-order valence-electron chi connectivity index (χ1n) is 8.35. The molecule has 0 spiro atoms. The first-order valence-corrected chi connectivity index (χ1v) is 9.16. The Labute approximate surface area is 157 Å². The molecule has 1 aliphatic rings. The van der Waals surface area contributed by atoms with Crippen LogP contribution < -0.4 is 15.0 Å². The van der Waals surface area contributed by atoms with E-state index in [0.29, 0.717) is 12.4 Å². The minimum Gasteiger partial charge on any atom is -0.494 e. The summed E-state index contributed by atoms with van der Waals surface area (Å²) >= 11 is 1.15. The van der Waals surface area contributed by atoms with E-state index in [1.807, 2.05) is 80.5 Å². The van der Waals surface area contributed by atoms with Gasteiger partial charge in [0.05, 0.1) is 17.2 Å². The summed E-state index contributed by atoms with van der Waals surface area (Å²) < 4.78 is 5.44. The van der Waals surface area contributed by atoms with Crippen molar-refractivity contribution in [2.75, 3.05) is 25.6 Å². The van der Waals surface area contributed by atoms with Crippen LogP contribution in [0.2, 0.25) is 0 Å². The first-order chi connectivity index (χ1) is 12.5. The van der Waals surface area contributed by atoms with Crippen LogP contribution in [-0.2, 0) is 0 Å². The van der Waals surface area contributed by atoms with Gasteiger partial charge in [-0.1, -0.05) is 12.1 Å².